The molecule has 7 aromatic carbocycles. The smallest absolute Gasteiger partial charge is 0.119 e. The van der Waals surface area contributed by atoms with E-state index in [2.05, 4.69) is 160 Å². The van der Waals surface area contributed by atoms with Crippen molar-refractivity contribution >= 4 is 17.1 Å². The van der Waals surface area contributed by atoms with Gasteiger partial charge in [0.1, 0.15) is 11.5 Å². The molecule has 0 amide bonds. The average Bonchev–Trinajstić information content (AvgIpc) is 3.57. The number of ether oxygens (including phenoxy) is 2. The summed E-state index contributed by atoms with van der Waals surface area (Å²) in [5.41, 5.74) is 18.5. The summed E-state index contributed by atoms with van der Waals surface area (Å²) in [6, 6.07) is 55.4. The molecule has 0 aliphatic heterocycles. The normalized spacial score (nSPS) is 14.2. The van der Waals surface area contributed by atoms with Crippen LogP contribution in [-0.2, 0) is 10.8 Å². The number of fused-ring (bicyclic) bond motifs is 6. The van der Waals surface area contributed by atoms with Gasteiger partial charge in [0.25, 0.3) is 0 Å². The first-order valence-electron chi connectivity index (χ1n) is 18.4. The van der Waals surface area contributed by atoms with Crippen LogP contribution in [0.4, 0.5) is 17.1 Å². The second-order valence-corrected chi connectivity index (χ2v) is 15.4. The van der Waals surface area contributed by atoms with E-state index in [1.807, 2.05) is 24.3 Å². The third-order valence-corrected chi connectivity index (χ3v) is 11.7. The molecule has 3 nitrogen and oxygen atoms in total. The molecule has 0 bridgehead atoms. The maximum absolute atomic E-state index is 5.56. The van der Waals surface area contributed by atoms with Crippen molar-refractivity contribution < 1.29 is 9.47 Å². The summed E-state index contributed by atoms with van der Waals surface area (Å²) in [6.45, 7) is 9.40. The molecule has 53 heavy (non-hydrogen) atoms. The highest BCUT2D eigenvalue weighted by molar-refractivity contribution is 5.89. The monoisotopic (exact) mass is 689 g/mol. The van der Waals surface area contributed by atoms with Crippen molar-refractivity contribution in [2.75, 3.05) is 19.1 Å². The standard InChI is InChI=1S/C50H43NO2/c1-49(2)45-13-9-7-11-41(45)43-25-15-32(30-47(43)49)34-27-35(33-16-26-44-42-12-8-10-14-46(42)50(3,4)48(44)31-33)29-38(28-34)51(36-17-21-39(52-5)22-18-36)37-19-23-40(53-6)24-20-37/h7-31H,1-6H3. The molecule has 2 aliphatic rings. The van der Waals surface area contributed by atoms with Crippen molar-refractivity contribution in [1.82, 2.24) is 0 Å². The second kappa shape index (κ2) is 12.3. The summed E-state index contributed by atoms with van der Waals surface area (Å²) in [4.78, 5) is 2.33. The molecule has 0 aromatic heterocycles. The molecule has 0 N–H and O–H groups in total. The van der Waals surface area contributed by atoms with Crippen LogP contribution >= 0.6 is 0 Å². The van der Waals surface area contributed by atoms with Gasteiger partial charge in [0.15, 0.2) is 0 Å². The van der Waals surface area contributed by atoms with Crippen LogP contribution in [0.15, 0.2) is 152 Å². The van der Waals surface area contributed by atoms with Crippen LogP contribution in [0.2, 0.25) is 0 Å². The Labute approximate surface area is 313 Å². The molecule has 7 aromatic rings. The van der Waals surface area contributed by atoms with Crippen LogP contribution < -0.4 is 14.4 Å². The van der Waals surface area contributed by atoms with Gasteiger partial charge in [-0.05, 0) is 146 Å². The van der Waals surface area contributed by atoms with Gasteiger partial charge >= 0.3 is 0 Å². The highest BCUT2D eigenvalue weighted by Gasteiger charge is 2.36. The molecule has 2 aliphatic carbocycles. The molecular weight excluding hydrogens is 647 g/mol. The third-order valence-electron chi connectivity index (χ3n) is 11.7. The van der Waals surface area contributed by atoms with Gasteiger partial charge < -0.3 is 14.4 Å². The van der Waals surface area contributed by atoms with E-state index in [-0.39, 0.29) is 10.8 Å². The molecule has 260 valence electrons. The molecule has 9 rings (SSSR count). The summed E-state index contributed by atoms with van der Waals surface area (Å²) < 4.78 is 11.1. The Kier molecular flexibility index (Phi) is 7.60. The Morgan fingerprint density at radius 3 is 1.17 bits per heavy atom. The molecule has 0 saturated carbocycles. The highest BCUT2D eigenvalue weighted by Crippen LogP contribution is 2.52. The minimum Gasteiger partial charge on any atom is -0.497 e. The lowest BCUT2D eigenvalue weighted by molar-refractivity contribution is 0.415. The number of methoxy groups -OCH3 is 2. The van der Waals surface area contributed by atoms with Gasteiger partial charge in [-0.25, -0.2) is 0 Å². The van der Waals surface area contributed by atoms with Gasteiger partial charge in [0.2, 0.25) is 0 Å². The molecule has 0 fully saturated rings. The minimum atomic E-state index is -0.0961. The van der Waals surface area contributed by atoms with E-state index in [0.717, 1.165) is 28.6 Å². The Balaban J connectivity index is 1.26. The zero-order valence-corrected chi connectivity index (χ0v) is 31.2. The molecule has 0 saturated heterocycles. The number of hydrogen-bond acceptors (Lipinski definition) is 3. The van der Waals surface area contributed by atoms with Gasteiger partial charge in [-0.2, -0.15) is 0 Å². The first-order chi connectivity index (χ1) is 25.7. The SMILES string of the molecule is COc1ccc(N(c2ccc(OC)cc2)c2cc(-c3ccc4c(c3)C(C)(C)c3ccccc3-4)cc(-c3ccc4c(c3)C(C)(C)c3ccccc3-4)c2)cc1. The van der Waals surface area contributed by atoms with Crippen molar-refractivity contribution in [3.63, 3.8) is 0 Å². The Hall–Kier alpha value is -6.06. The van der Waals surface area contributed by atoms with Crippen molar-refractivity contribution in [3.05, 3.63) is 174 Å². The number of rotatable bonds is 7. The van der Waals surface area contributed by atoms with Crippen molar-refractivity contribution in [1.29, 1.82) is 0 Å². The predicted octanol–water partition coefficient (Wildman–Crippen LogP) is 13.1. The van der Waals surface area contributed by atoms with Gasteiger partial charge in [-0.1, -0.05) is 100 Å². The van der Waals surface area contributed by atoms with E-state index >= 15 is 0 Å². The van der Waals surface area contributed by atoms with E-state index in [1.165, 1.54) is 66.8 Å². The Bertz CT molecular complexity index is 2350. The Morgan fingerprint density at radius 1 is 0.358 bits per heavy atom. The molecule has 0 atom stereocenters. The molecule has 0 unspecified atom stereocenters. The number of nitrogens with zero attached hydrogens (tertiary/aromatic N) is 1. The first-order valence-corrected chi connectivity index (χ1v) is 18.4. The second-order valence-electron chi connectivity index (χ2n) is 15.4. The van der Waals surface area contributed by atoms with E-state index in [9.17, 15) is 0 Å². The summed E-state index contributed by atoms with van der Waals surface area (Å²) in [7, 11) is 3.41. The fraction of sp³-hybridized carbons (Fsp3) is 0.160. The van der Waals surface area contributed by atoms with Crippen molar-refractivity contribution in [2.45, 2.75) is 38.5 Å². The zero-order chi connectivity index (χ0) is 36.5. The zero-order valence-electron chi connectivity index (χ0n) is 31.2. The maximum atomic E-state index is 5.56. The van der Waals surface area contributed by atoms with Gasteiger partial charge in [-0.15, -0.1) is 0 Å². The summed E-state index contributed by atoms with van der Waals surface area (Å²) in [5.74, 6) is 1.64. The van der Waals surface area contributed by atoms with E-state index in [4.69, 9.17) is 9.47 Å². The van der Waals surface area contributed by atoms with Crippen molar-refractivity contribution in [3.8, 4) is 56.0 Å². The molecule has 0 heterocycles. The van der Waals surface area contributed by atoms with Crippen LogP contribution in [0.25, 0.3) is 44.5 Å². The molecule has 0 spiro atoms. The summed E-state index contributed by atoms with van der Waals surface area (Å²) in [5, 5.41) is 0. The lowest BCUT2D eigenvalue weighted by atomic mass is 9.81. The van der Waals surface area contributed by atoms with Crippen LogP contribution in [0.5, 0.6) is 11.5 Å². The average molecular weight is 690 g/mol. The van der Waals surface area contributed by atoms with Crippen LogP contribution in [0.1, 0.15) is 49.9 Å². The van der Waals surface area contributed by atoms with Crippen LogP contribution in [0.3, 0.4) is 0 Å². The van der Waals surface area contributed by atoms with Crippen LogP contribution in [0, 0.1) is 0 Å². The fourth-order valence-corrected chi connectivity index (χ4v) is 8.75. The van der Waals surface area contributed by atoms with Crippen molar-refractivity contribution in [2.24, 2.45) is 0 Å². The largest absolute Gasteiger partial charge is 0.497 e. The molecular formula is C50H43NO2. The van der Waals surface area contributed by atoms with Gasteiger partial charge in [0, 0.05) is 27.9 Å². The molecule has 3 heteroatoms. The quantitative estimate of drug-likeness (QED) is 0.166. The third kappa shape index (κ3) is 5.25. The number of benzene rings is 7. The number of hydrogen-bond donors (Lipinski definition) is 0. The van der Waals surface area contributed by atoms with Crippen LogP contribution in [-0.4, -0.2) is 14.2 Å². The summed E-state index contributed by atoms with van der Waals surface area (Å²) >= 11 is 0. The number of anilines is 3. The first kappa shape index (κ1) is 32.8. The highest BCUT2D eigenvalue weighted by atomic mass is 16.5. The fourth-order valence-electron chi connectivity index (χ4n) is 8.75. The van der Waals surface area contributed by atoms with E-state index in [1.54, 1.807) is 14.2 Å². The maximum Gasteiger partial charge on any atom is 0.119 e. The lowest BCUT2D eigenvalue weighted by Gasteiger charge is -2.27. The van der Waals surface area contributed by atoms with E-state index < -0.39 is 0 Å². The minimum absolute atomic E-state index is 0.0961. The predicted molar refractivity (Wildman–Crippen MR) is 220 cm³/mol. The lowest BCUT2D eigenvalue weighted by Crippen LogP contribution is -2.15. The van der Waals surface area contributed by atoms with Gasteiger partial charge in [-0.3, -0.25) is 0 Å². The Morgan fingerprint density at radius 2 is 0.755 bits per heavy atom. The summed E-state index contributed by atoms with van der Waals surface area (Å²) in [6.07, 6.45) is 0. The topological polar surface area (TPSA) is 21.7 Å². The molecule has 0 radical (unpaired) electrons. The van der Waals surface area contributed by atoms with E-state index in [0.29, 0.717) is 0 Å². The van der Waals surface area contributed by atoms with Gasteiger partial charge in [0.05, 0.1) is 14.2 Å².